The van der Waals surface area contributed by atoms with E-state index in [-0.39, 0.29) is 11.3 Å². The number of piperazine rings is 1. The molecule has 0 unspecified atom stereocenters. The van der Waals surface area contributed by atoms with Crippen LogP contribution in [0.5, 0.6) is 0 Å². The number of anilines is 1. The molecule has 30 heavy (non-hydrogen) atoms. The van der Waals surface area contributed by atoms with Crippen LogP contribution >= 0.6 is 11.8 Å². The van der Waals surface area contributed by atoms with Gasteiger partial charge in [0.05, 0.1) is 44.2 Å². The summed E-state index contributed by atoms with van der Waals surface area (Å²) in [5.41, 5.74) is 0.988. The largest absolute Gasteiger partial charge is 0.455 e. The molecule has 164 valence electrons. The maximum atomic E-state index is 11.9. The second kappa shape index (κ2) is 9.83. The Morgan fingerprint density at radius 2 is 1.97 bits per heavy atom. The molecule has 8 heteroatoms. The van der Waals surface area contributed by atoms with Crippen LogP contribution in [-0.2, 0) is 11.2 Å². The lowest BCUT2D eigenvalue weighted by Crippen LogP contribution is -3.14. The summed E-state index contributed by atoms with van der Waals surface area (Å²) in [6.07, 6.45) is 0. The van der Waals surface area contributed by atoms with Gasteiger partial charge in [-0.1, -0.05) is 32.5 Å². The molecule has 1 aliphatic rings. The fourth-order valence-electron chi connectivity index (χ4n) is 3.39. The molecule has 7 nitrogen and oxygen atoms in total. The Kier molecular flexibility index (Phi) is 7.41. The lowest BCUT2D eigenvalue weighted by molar-refractivity contribution is -0.898. The summed E-state index contributed by atoms with van der Waals surface area (Å²) in [5.74, 6) is 2.49. The van der Waals surface area contributed by atoms with Crippen molar-refractivity contribution in [2.24, 2.45) is 0 Å². The molecule has 0 aromatic carbocycles. The average Bonchev–Trinajstić information content (AvgIpc) is 3.21. The number of nitrogens with zero attached hydrogens (tertiary/aromatic N) is 3. The quantitative estimate of drug-likeness (QED) is 0.516. The van der Waals surface area contributed by atoms with Gasteiger partial charge in [-0.2, -0.15) is 0 Å². The molecule has 3 heterocycles. The highest BCUT2D eigenvalue weighted by atomic mass is 32.2. The molecule has 2 N–H and O–H groups in total. The lowest BCUT2D eigenvalue weighted by Gasteiger charge is -2.33. The third kappa shape index (κ3) is 5.76. The highest BCUT2D eigenvalue weighted by Crippen LogP contribution is 2.28. The second-order valence-corrected chi connectivity index (χ2v) is 9.59. The number of likely N-dealkylation sites (N-methyl/N-ethyl adjacent to an activating group) is 1. The zero-order chi connectivity index (χ0) is 21.7. The van der Waals surface area contributed by atoms with Crippen LogP contribution in [0.4, 0.5) is 5.82 Å². The van der Waals surface area contributed by atoms with Crippen LogP contribution in [0.25, 0.3) is 0 Å². The lowest BCUT2D eigenvalue weighted by atomic mass is 9.92. The monoisotopic (exact) mass is 432 g/mol. The number of nitrogens with one attached hydrogen (secondary N) is 2. The van der Waals surface area contributed by atoms with Gasteiger partial charge in [0.25, 0.3) is 5.91 Å². The van der Waals surface area contributed by atoms with Crippen molar-refractivity contribution in [2.45, 2.75) is 50.9 Å². The van der Waals surface area contributed by atoms with E-state index in [0.717, 1.165) is 48.6 Å². The van der Waals surface area contributed by atoms with E-state index in [0.29, 0.717) is 18.1 Å². The Hall–Kier alpha value is -2.06. The van der Waals surface area contributed by atoms with Crippen LogP contribution in [0, 0.1) is 0 Å². The molecule has 1 amide bonds. The topological polar surface area (TPSA) is 75.7 Å². The van der Waals surface area contributed by atoms with E-state index in [2.05, 4.69) is 44.0 Å². The zero-order valence-corrected chi connectivity index (χ0v) is 19.6. The number of rotatable bonds is 7. The minimum atomic E-state index is -0.185. The predicted octanol–water partition coefficient (Wildman–Crippen LogP) is 2.13. The predicted molar refractivity (Wildman–Crippen MR) is 120 cm³/mol. The van der Waals surface area contributed by atoms with Crippen molar-refractivity contribution in [2.75, 3.05) is 44.2 Å². The summed E-state index contributed by atoms with van der Waals surface area (Å²) in [4.78, 5) is 25.6. The SMILES string of the molecule is CCNC(=O)c1ccc(CSc2nc(N3CC[NH+](CC)CC3)cc(C(C)(C)C)n2)o1. The molecule has 1 fully saturated rings. The molecule has 0 atom stereocenters. The maximum Gasteiger partial charge on any atom is 0.286 e. The highest BCUT2D eigenvalue weighted by molar-refractivity contribution is 7.98. The average molecular weight is 433 g/mol. The van der Waals surface area contributed by atoms with Crippen molar-refractivity contribution in [3.8, 4) is 0 Å². The standard InChI is InChI=1S/C22H33N5O2S/c1-6-23-20(28)17-9-8-16(29-17)15-30-21-24-18(22(3,4)5)14-19(25-21)27-12-10-26(7-2)11-13-27/h8-9,14H,6-7,10-13,15H2,1-5H3,(H,23,28)/p+1. The molecule has 0 saturated carbocycles. The van der Waals surface area contributed by atoms with Gasteiger partial charge in [0.15, 0.2) is 10.9 Å². The third-order valence-electron chi connectivity index (χ3n) is 5.32. The first-order chi connectivity index (χ1) is 14.3. The summed E-state index contributed by atoms with van der Waals surface area (Å²) in [6, 6.07) is 5.70. The van der Waals surface area contributed by atoms with Gasteiger partial charge in [-0.05, 0) is 26.0 Å². The van der Waals surface area contributed by atoms with E-state index in [1.807, 2.05) is 13.0 Å². The number of amides is 1. The van der Waals surface area contributed by atoms with Crippen molar-refractivity contribution < 1.29 is 14.1 Å². The molecule has 2 aromatic heterocycles. The van der Waals surface area contributed by atoms with Crippen molar-refractivity contribution in [1.82, 2.24) is 15.3 Å². The smallest absolute Gasteiger partial charge is 0.286 e. The van der Waals surface area contributed by atoms with Crippen LogP contribution in [0.1, 0.15) is 56.6 Å². The molecule has 1 saturated heterocycles. The first-order valence-electron chi connectivity index (χ1n) is 10.8. The van der Waals surface area contributed by atoms with Gasteiger partial charge in [0, 0.05) is 18.0 Å². The Bertz CT molecular complexity index is 853. The third-order valence-corrected chi connectivity index (χ3v) is 6.19. The molecule has 3 rings (SSSR count). The number of hydrogen-bond acceptors (Lipinski definition) is 6. The molecule has 1 aliphatic heterocycles. The van der Waals surface area contributed by atoms with E-state index >= 15 is 0 Å². The first kappa shape index (κ1) is 22.6. The summed E-state index contributed by atoms with van der Waals surface area (Å²) in [7, 11) is 0. The first-order valence-corrected chi connectivity index (χ1v) is 11.8. The van der Waals surface area contributed by atoms with E-state index in [1.165, 1.54) is 6.54 Å². The number of hydrogen-bond donors (Lipinski definition) is 2. The normalized spacial score (nSPS) is 15.4. The van der Waals surface area contributed by atoms with E-state index in [1.54, 1.807) is 22.7 Å². The molecule has 2 aromatic rings. The van der Waals surface area contributed by atoms with Gasteiger partial charge in [-0.15, -0.1) is 0 Å². The van der Waals surface area contributed by atoms with Crippen molar-refractivity contribution in [1.29, 1.82) is 0 Å². The Morgan fingerprint density at radius 1 is 1.23 bits per heavy atom. The van der Waals surface area contributed by atoms with Crippen molar-refractivity contribution in [3.63, 3.8) is 0 Å². The van der Waals surface area contributed by atoms with Crippen LogP contribution in [0.15, 0.2) is 27.8 Å². The summed E-state index contributed by atoms with van der Waals surface area (Å²) >= 11 is 1.55. The van der Waals surface area contributed by atoms with E-state index < -0.39 is 0 Å². The number of quaternary nitrogens is 1. The van der Waals surface area contributed by atoms with E-state index in [4.69, 9.17) is 14.4 Å². The summed E-state index contributed by atoms with van der Waals surface area (Å²) in [5, 5.41) is 3.50. The second-order valence-electron chi connectivity index (χ2n) is 8.65. The molecule has 0 spiro atoms. The van der Waals surface area contributed by atoms with Crippen molar-refractivity contribution in [3.05, 3.63) is 35.4 Å². The number of carbonyl (C=O) groups is 1. The number of furan rings is 1. The van der Waals surface area contributed by atoms with Gasteiger partial charge >= 0.3 is 0 Å². The van der Waals surface area contributed by atoms with Crippen LogP contribution in [0.2, 0.25) is 0 Å². The molecule has 0 aliphatic carbocycles. The van der Waals surface area contributed by atoms with Gasteiger partial charge in [-0.3, -0.25) is 4.79 Å². The molecular formula is C22H34N5O2S+. The number of aromatic nitrogens is 2. The Labute approximate surface area is 183 Å². The fourth-order valence-corrected chi connectivity index (χ4v) is 4.14. The Morgan fingerprint density at radius 3 is 2.60 bits per heavy atom. The molecular weight excluding hydrogens is 398 g/mol. The van der Waals surface area contributed by atoms with Crippen LogP contribution < -0.4 is 15.1 Å². The fraction of sp³-hybridized carbons (Fsp3) is 0.591. The van der Waals surface area contributed by atoms with Crippen LogP contribution in [-0.4, -0.2) is 55.1 Å². The summed E-state index contributed by atoms with van der Waals surface area (Å²) in [6.45, 7) is 16.7. The van der Waals surface area contributed by atoms with Crippen molar-refractivity contribution >= 4 is 23.5 Å². The molecule has 0 radical (unpaired) electrons. The van der Waals surface area contributed by atoms with Gasteiger partial charge in [0.1, 0.15) is 11.6 Å². The highest BCUT2D eigenvalue weighted by Gasteiger charge is 2.24. The maximum absolute atomic E-state index is 11.9. The summed E-state index contributed by atoms with van der Waals surface area (Å²) < 4.78 is 5.69. The minimum Gasteiger partial charge on any atom is -0.455 e. The number of thioether (sulfide) groups is 1. The van der Waals surface area contributed by atoms with Gasteiger partial charge < -0.3 is 19.5 Å². The molecule has 0 bridgehead atoms. The van der Waals surface area contributed by atoms with Crippen LogP contribution in [0.3, 0.4) is 0 Å². The Balaban J connectivity index is 1.74. The zero-order valence-electron chi connectivity index (χ0n) is 18.7. The van der Waals surface area contributed by atoms with Gasteiger partial charge in [0.2, 0.25) is 0 Å². The number of carbonyl (C=O) groups excluding carboxylic acids is 1. The van der Waals surface area contributed by atoms with Gasteiger partial charge in [-0.25, -0.2) is 9.97 Å². The van der Waals surface area contributed by atoms with E-state index in [9.17, 15) is 4.79 Å². The minimum absolute atomic E-state index is 0.0560.